The lowest BCUT2D eigenvalue weighted by molar-refractivity contribution is -0.120. The first-order valence-corrected chi connectivity index (χ1v) is 8.16. The van der Waals surface area contributed by atoms with E-state index in [1.807, 2.05) is 6.08 Å². The van der Waals surface area contributed by atoms with Crippen LogP contribution >= 0.6 is 11.8 Å². The van der Waals surface area contributed by atoms with E-state index < -0.39 is 0 Å². The summed E-state index contributed by atoms with van der Waals surface area (Å²) in [4.78, 5) is 12.0. The van der Waals surface area contributed by atoms with Crippen molar-refractivity contribution in [2.45, 2.75) is 55.0 Å². The van der Waals surface area contributed by atoms with Crippen LogP contribution in [0.1, 0.15) is 43.8 Å². The molecule has 1 saturated carbocycles. The fourth-order valence-corrected chi connectivity index (χ4v) is 3.60. The lowest BCUT2D eigenvalue weighted by atomic mass is 10.2. The maximum Gasteiger partial charge on any atom is 0.233 e. The van der Waals surface area contributed by atoms with Crippen LogP contribution in [0.25, 0.3) is 0 Å². The highest BCUT2D eigenvalue weighted by molar-refractivity contribution is 8.00. The molecule has 0 bridgehead atoms. The largest absolute Gasteiger partial charge is 0.355 e. The van der Waals surface area contributed by atoms with E-state index in [-0.39, 0.29) is 11.2 Å². The van der Waals surface area contributed by atoms with Crippen LogP contribution in [-0.2, 0) is 11.3 Å². The highest BCUT2D eigenvalue weighted by Crippen LogP contribution is 2.40. The molecule has 1 amide bonds. The second-order valence-corrected chi connectivity index (χ2v) is 6.58. The van der Waals surface area contributed by atoms with Crippen LogP contribution in [0.3, 0.4) is 0 Å². The van der Waals surface area contributed by atoms with Gasteiger partial charge >= 0.3 is 0 Å². The third-order valence-electron chi connectivity index (χ3n) is 3.73. The zero-order chi connectivity index (χ0) is 13.9. The smallest absolute Gasteiger partial charge is 0.233 e. The van der Waals surface area contributed by atoms with Crippen molar-refractivity contribution < 1.29 is 4.79 Å². The molecule has 2 aliphatic rings. The summed E-state index contributed by atoms with van der Waals surface area (Å²) in [5.41, 5.74) is 0. The molecule has 0 aromatic carbocycles. The van der Waals surface area contributed by atoms with Gasteiger partial charge in [-0.25, -0.2) is 0 Å². The minimum atomic E-state index is -0.0441. The normalized spacial score (nSPS) is 23.2. The minimum absolute atomic E-state index is 0.0441. The van der Waals surface area contributed by atoms with E-state index in [0.717, 1.165) is 43.3 Å². The molecule has 20 heavy (non-hydrogen) atoms. The molecule has 2 fully saturated rings. The predicted molar refractivity (Wildman–Crippen MR) is 78.7 cm³/mol. The summed E-state index contributed by atoms with van der Waals surface area (Å²) < 4.78 is 2.12. The van der Waals surface area contributed by atoms with E-state index in [9.17, 15) is 4.79 Å². The summed E-state index contributed by atoms with van der Waals surface area (Å²) in [6, 6.07) is 0. The Kier molecular flexibility index (Phi) is 4.10. The average molecular weight is 292 g/mol. The zero-order valence-corrected chi connectivity index (χ0v) is 12.4. The number of aromatic nitrogens is 3. The number of thioether (sulfide) groups is 1. The Morgan fingerprint density at radius 1 is 1.35 bits per heavy atom. The van der Waals surface area contributed by atoms with Gasteiger partial charge in [0.25, 0.3) is 0 Å². The molecule has 3 rings (SSSR count). The van der Waals surface area contributed by atoms with Crippen LogP contribution in [0.5, 0.6) is 0 Å². The van der Waals surface area contributed by atoms with E-state index in [4.69, 9.17) is 0 Å². The van der Waals surface area contributed by atoms with Crippen molar-refractivity contribution in [2.24, 2.45) is 0 Å². The van der Waals surface area contributed by atoms with Gasteiger partial charge in [-0.05, 0) is 25.7 Å². The first-order chi connectivity index (χ1) is 9.79. The van der Waals surface area contributed by atoms with Gasteiger partial charge in [0.15, 0.2) is 5.16 Å². The number of carbonyl (C=O) groups excluding carboxylic acids is 1. The number of hydrogen-bond acceptors (Lipinski definition) is 4. The molecule has 1 saturated heterocycles. The van der Waals surface area contributed by atoms with Crippen molar-refractivity contribution in [3.05, 3.63) is 18.5 Å². The monoisotopic (exact) mass is 292 g/mol. The molecule has 0 spiro atoms. The standard InChI is InChI=1S/C14H20N4OS/c1-2-9-18-12(10-6-7-10)16-17-14(18)20-11-5-3-4-8-15-13(11)19/h2,10-11H,1,3-9H2,(H,15,19). The van der Waals surface area contributed by atoms with Gasteiger partial charge in [0.2, 0.25) is 5.91 Å². The van der Waals surface area contributed by atoms with Crippen LogP contribution in [0, 0.1) is 0 Å². The molecule has 0 radical (unpaired) electrons. The average Bonchev–Trinajstić information content (AvgIpc) is 3.23. The second kappa shape index (κ2) is 5.99. The summed E-state index contributed by atoms with van der Waals surface area (Å²) in [6.07, 6.45) is 7.33. The van der Waals surface area contributed by atoms with Crippen LogP contribution in [-0.4, -0.2) is 32.5 Å². The summed E-state index contributed by atoms with van der Waals surface area (Å²) in [6.45, 7) is 5.32. The quantitative estimate of drug-likeness (QED) is 0.844. The minimum Gasteiger partial charge on any atom is -0.355 e. The Hall–Kier alpha value is -1.30. The molecule has 1 atom stereocenters. The van der Waals surface area contributed by atoms with Gasteiger partial charge < -0.3 is 9.88 Å². The van der Waals surface area contributed by atoms with Crippen molar-refractivity contribution in [1.82, 2.24) is 20.1 Å². The van der Waals surface area contributed by atoms with Gasteiger partial charge in [-0.3, -0.25) is 4.79 Å². The summed E-state index contributed by atoms with van der Waals surface area (Å²) >= 11 is 1.55. The third-order valence-corrected chi connectivity index (χ3v) is 4.98. The summed E-state index contributed by atoms with van der Waals surface area (Å²) in [7, 11) is 0. The lowest BCUT2D eigenvalue weighted by Gasteiger charge is -2.13. The van der Waals surface area contributed by atoms with Crippen LogP contribution in [0.15, 0.2) is 17.8 Å². The first-order valence-electron chi connectivity index (χ1n) is 7.28. The molecule has 5 nitrogen and oxygen atoms in total. The Morgan fingerprint density at radius 2 is 2.20 bits per heavy atom. The number of amides is 1. The molecule has 108 valence electrons. The van der Waals surface area contributed by atoms with Crippen molar-refractivity contribution in [2.75, 3.05) is 6.54 Å². The molecular formula is C14H20N4OS. The Labute approximate surface area is 123 Å². The van der Waals surface area contributed by atoms with E-state index in [1.54, 1.807) is 11.8 Å². The van der Waals surface area contributed by atoms with E-state index >= 15 is 0 Å². The van der Waals surface area contributed by atoms with Crippen LogP contribution < -0.4 is 5.32 Å². The van der Waals surface area contributed by atoms with Gasteiger partial charge in [0, 0.05) is 19.0 Å². The van der Waals surface area contributed by atoms with Crippen molar-refractivity contribution >= 4 is 17.7 Å². The molecule has 2 heterocycles. The molecule has 1 aliphatic carbocycles. The number of allylic oxidation sites excluding steroid dienone is 1. The summed E-state index contributed by atoms with van der Waals surface area (Å²) in [5, 5.41) is 12.4. The Balaban J connectivity index is 1.78. The SMILES string of the molecule is C=CCn1c(SC2CCCCNC2=O)nnc1C1CC1. The Bertz CT molecular complexity index is 509. The van der Waals surface area contributed by atoms with E-state index in [1.165, 1.54) is 12.8 Å². The van der Waals surface area contributed by atoms with Gasteiger partial charge in [0.05, 0.1) is 5.25 Å². The van der Waals surface area contributed by atoms with Crippen molar-refractivity contribution in [1.29, 1.82) is 0 Å². The molecular weight excluding hydrogens is 272 g/mol. The van der Waals surface area contributed by atoms with Crippen molar-refractivity contribution in [3.8, 4) is 0 Å². The summed E-state index contributed by atoms with van der Waals surface area (Å²) in [5.74, 6) is 1.75. The van der Waals surface area contributed by atoms with Gasteiger partial charge in [-0.1, -0.05) is 24.3 Å². The zero-order valence-electron chi connectivity index (χ0n) is 11.5. The van der Waals surface area contributed by atoms with E-state index in [2.05, 4.69) is 26.7 Å². The highest BCUT2D eigenvalue weighted by Gasteiger charge is 2.31. The predicted octanol–water partition coefficient (Wildman–Crippen LogP) is 2.10. The van der Waals surface area contributed by atoms with E-state index in [0.29, 0.717) is 5.92 Å². The number of carbonyl (C=O) groups is 1. The fraction of sp³-hybridized carbons (Fsp3) is 0.643. The number of rotatable bonds is 5. The van der Waals surface area contributed by atoms with Gasteiger partial charge in [0.1, 0.15) is 5.82 Å². The lowest BCUT2D eigenvalue weighted by Crippen LogP contribution is -2.30. The van der Waals surface area contributed by atoms with Gasteiger partial charge in [-0.15, -0.1) is 16.8 Å². The second-order valence-electron chi connectivity index (χ2n) is 5.41. The number of nitrogens with zero attached hydrogens (tertiary/aromatic N) is 3. The highest BCUT2D eigenvalue weighted by atomic mass is 32.2. The van der Waals surface area contributed by atoms with Crippen LogP contribution in [0.2, 0.25) is 0 Å². The molecule has 1 unspecified atom stereocenters. The topological polar surface area (TPSA) is 59.8 Å². The van der Waals surface area contributed by atoms with Crippen molar-refractivity contribution in [3.63, 3.8) is 0 Å². The Morgan fingerprint density at radius 3 is 2.95 bits per heavy atom. The van der Waals surface area contributed by atoms with Gasteiger partial charge in [-0.2, -0.15) is 0 Å². The number of hydrogen-bond donors (Lipinski definition) is 1. The first kappa shape index (κ1) is 13.7. The molecule has 1 aliphatic heterocycles. The maximum absolute atomic E-state index is 12.0. The molecule has 1 aromatic heterocycles. The molecule has 1 aromatic rings. The maximum atomic E-state index is 12.0. The third kappa shape index (κ3) is 2.90. The molecule has 1 N–H and O–H groups in total. The fourth-order valence-electron chi connectivity index (χ4n) is 2.48. The number of nitrogens with one attached hydrogen (secondary N) is 1. The molecule has 6 heteroatoms. The van der Waals surface area contributed by atoms with Crippen LogP contribution in [0.4, 0.5) is 0 Å².